The van der Waals surface area contributed by atoms with Crippen molar-refractivity contribution in [3.63, 3.8) is 0 Å². The van der Waals surface area contributed by atoms with Gasteiger partial charge >= 0.3 is 0 Å². The summed E-state index contributed by atoms with van der Waals surface area (Å²) in [4.78, 5) is 25.4. The molecule has 5 nitrogen and oxygen atoms in total. The minimum absolute atomic E-state index is 0.151. The van der Waals surface area contributed by atoms with E-state index in [-0.39, 0.29) is 18.4 Å². The topological polar surface area (TPSA) is 73.2 Å². The van der Waals surface area contributed by atoms with Gasteiger partial charge in [-0.15, -0.1) is 0 Å². The molecular weight excluding hydrogens is 290 g/mol. The number of nitrogens with zero attached hydrogens (tertiary/aromatic N) is 2. The first kappa shape index (κ1) is 16.2. The molecular formula is C18H17N3O2. The Labute approximate surface area is 135 Å². The summed E-state index contributed by atoms with van der Waals surface area (Å²) in [7, 11) is 0. The Morgan fingerprint density at radius 1 is 1.13 bits per heavy atom. The molecule has 0 aliphatic carbocycles. The van der Waals surface area contributed by atoms with Gasteiger partial charge < -0.3 is 10.2 Å². The van der Waals surface area contributed by atoms with Gasteiger partial charge in [0.25, 0.3) is 0 Å². The van der Waals surface area contributed by atoms with E-state index < -0.39 is 0 Å². The number of hydrogen-bond acceptors (Lipinski definition) is 3. The van der Waals surface area contributed by atoms with Crippen LogP contribution in [0, 0.1) is 18.3 Å². The molecule has 2 rings (SSSR count). The Bertz CT molecular complexity index is 761. The van der Waals surface area contributed by atoms with E-state index in [1.54, 1.807) is 36.4 Å². The number of benzene rings is 2. The highest BCUT2D eigenvalue weighted by atomic mass is 16.2. The van der Waals surface area contributed by atoms with Crippen LogP contribution in [0.5, 0.6) is 0 Å². The molecule has 0 aromatic heterocycles. The average Bonchev–Trinajstić information content (AvgIpc) is 2.54. The number of nitriles is 1. The lowest BCUT2D eigenvalue weighted by molar-refractivity contribution is -0.120. The van der Waals surface area contributed by atoms with Gasteiger partial charge in [-0.3, -0.25) is 9.59 Å². The highest BCUT2D eigenvalue weighted by Crippen LogP contribution is 2.20. The minimum Gasteiger partial charge on any atom is -0.325 e. The van der Waals surface area contributed by atoms with E-state index in [2.05, 4.69) is 5.32 Å². The predicted molar refractivity (Wildman–Crippen MR) is 89.0 cm³/mol. The molecule has 116 valence electrons. The maximum Gasteiger partial charge on any atom is 0.244 e. The third-order valence-electron chi connectivity index (χ3n) is 3.33. The Morgan fingerprint density at radius 3 is 2.39 bits per heavy atom. The van der Waals surface area contributed by atoms with Gasteiger partial charge in [-0.05, 0) is 31.2 Å². The molecule has 0 aliphatic heterocycles. The second-order valence-corrected chi connectivity index (χ2v) is 5.15. The quantitative estimate of drug-likeness (QED) is 0.944. The van der Waals surface area contributed by atoms with Crippen molar-refractivity contribution in [2.24, 2.45) is 0 Å². The number of hydrogen-bond donors (Lipinski definition) is 1. The van der Waals surface area contributed by atoms with E-state index in [1.807, 2.05) is 25.1 Å². The van der Waals surface area contributed by atoms with Crippen LogP contribution in [0.4, 0.5) is 11.4 Å². The second-order valence-electron chi connectivity index (χ2n) is 5.15. The van der Waals surface area contributed by atoms with Gasteiger partial charge in [-0.2, -0.15) is 5.26 Å². The number of anilines is 2. The Balaban J connectivity index is 2.16. The zero-order valence-corrected chi connectivity index (χ0v) is 13.0. The number of rotatable bonds is 4. The van der Waals surface area contributed by atoms with E-state index >= 15 is 0 Å². The van der Waals surface area contributed by atoms with Crippen LogP contribution in [0.15, 0.2) is 48.5 Å². The SMILES string of the molecule is CC(=O)N(CC(=O)Nc1ccc(C)cc1)c1ccccc1C#N. The fraction of sp³-hybridized carbons (Fsp3) is 0.167. The first-order valence-electron chi connectivity index (χ1n) is 7.15. The molecule has 2 aromatic rings. The van der Waals surface area contributed by atoms with Crippen LogP contribution in [0.1, 0.15) is 18.1 Å². The molecule has 0 heterocycles. The van der Waals surface area contributed by atoms with Crippen molar-refractivity contribution in [3.05, 3.63) is 59.7 Å². The van der Waals surface area contributed by atoms with Crippen LogP contribution >= 0.6 is 0 Å². The van der Waals surface area contributed by atoms with Crippen molar-refractivity contribution in [2.75, 3.05) is 16.8 Å². The van der Waals surface area contributed by atoms with E-state index in [4.69, 9.17) is 5.26 Å². The standard InChI is InChI=1S/C18H17N3O2/c1-13-7-9-16(10-8-13)20-18(23)12-21(14(2)22)17-6-4-3-5-15(17)11-19/h3-10H,12H2,1-2H3,(H,20,23). The Morgan fingerprint density at radius 2 is 1.78 bits per heavy atom. The number of nitrogens with one attached hydrogen (secondary N) is 1. The van der Waals surface area contributed by atoms with Crippen molar-refractivity contribution < 1.29 is 9.59 Å². The summed E-state index contributed by atoms with van der Waals surface area (Å²) in [6.45, 7) is 3.18. The molecule has 1 N–H and O–H groups in total. The Kier molecular flexibility index (Phi) is 5.11. The fourth-order valence-electron chi connectivity index (χ4n) is 2.15. The smallest absolute Gasteiger partial charge is 0.244 e. The van der Waals surface area contributed by atoms with Crippen LogP contribution in [0.25, 0.3) is 0 Å². The van der Waals surface area contributed by atoms with Crippen molar-refractivity contribution in [3.8, 4) is 6.07 Å². The average molecular weight is 307 g/mol. The summed E-state index contributed by atoms with van der Waals surface area (Å²) in [5, 5.41) is 11.9. The van der Waals surface area contributed by atoms with Gasteiger partial charge in [0.15, 0.2) is 0 Å². The summed E-state index contributed by atoms with van der Waals surface area (Å²) < 4.78 is 0. The first-order valence-corrected chi connectivity index (χ1v) is 7.15. The van der Waals surface area contributed by atoms with Crippen LogP contribution in [0.3, 0.4) is 0 Å². The van der Waals surface area contributed by atoms with Gasteiger partial charge in [0, 0.05) is 12.6 Å². The minimum atomic E-state index is -0.322. The first-order chi connectivity index (χ1) is 11.0. The fourth-order valence-corrected chi connectivity index (χ4v) is 2.15. The lowest BCUT2D eigenvalue weighted by Crippen LogP contribution is -2.37. The van der Waals surface area contributed by atoms with E-state index in [9.17, 15) is 9.59 Å². The molecule has 0 radical (unpaired) electrons. The third kappa shape index (κ3) is 4.17. The van der Waals surface area contributed by atoms with Gasteiger partial charge in [0.2, 0.25) is 11.8 Å². The normalized spacial score (nSPS) is 9.78. The predicted octanol–water partition coefficient (Wildman–Crippen LogP) is 2.86. The molecule has 0 bridgehead atoms. The molecule has 0 atom stereocenters. The lowest BCUT2D eigenvalue weighted by atomic mass is 10.1. The number of carbonyl (C=O) groups is 2. The van der Waals surface area contributed by atoms with Gasteiger partial charge in [-0.25, -0.2) is 0 Å². The number of para-hydroxylation sites is 1. The van der Waals surface area contributed by atoms with Crippen LogP contribution < -0.4 is 10.2 Å². The lowest BCUT2D eigenvalue weighted by Gasteiger charge is -2.21. The summed E-state index contributed by atoms with van der Waals surface area (Å²) in [5.41, 5.74) is 2.54. The molecule has 2 amide bonds. The van der Waals surface area contributed by atoms with E-state index in [0.29, 0.717) is 16.9 Å². The zero-order valence-electron chi connectivity index (χ0n) is 13.0. The van der Waals surface area contributed by atoms with Crippen molar-refractivity contribution in [1.29, 1.82) is 5.26 Å². The molecule has 0 spiro atoms. The number of carbonyl (C=O) groups excluding carboxylic acids is 2. The monoisotopic (exact) mass is 307 g/mol. The summed E-state index contributed by atoms with van der Waals surface area (Å²) >= 11 is 0. The molecule has 0 unspecified atom stereocenters. The molecule has 23 heavy (non-hydrogen) atoms. The second kappa shape index (κ2) is 7.23. The van der Waals surface area contributed by atoms with Crippen LogP contribution in [-0.2, 0) is 9.59 Å². The number of aryl methyl sites for hydroxylation is 1. The summed E-state index contributed by atoms with van der Waals surface area (Å²) in [5.74, 6) is -0.622. The molecule has 0 saturated carbocycles. The summed E-state index contributed by atoms with van der Waals surface area (Å²) in [6, 6.07) is 16.1. The van der Waals surface area contributed by atoms with Gasteiger partial charge in [-0.1, -0.05) is 29.8 Å². The zero-order chi connectivity index (χ0) is 16.8. The molecule has 0 aliphatic rings. The molecule has 2 aromatic carbocycles. The molecule has 0 saturated heterocycles. The Hall–Kier alpha value is -3.13. The van der Waals surface area contributed by atoms with Crippen molar-refractivity contribution in [1.82, 2.24) is 0 Å². The van der Waals surface area contributed by atoms with E-state index in [0.717, 1.165) is 5.56 Å². The van der Waals surface area contributed by atoms with Crippen LogP contribution in [-0.4, -0.2) is 18.4 Å². The van der Waals surface area contributed by atoms with E-state index in [1.165, 1.54) is 11.8 Å². The highest BCUT2D eigenvalue weighted by molar-refractivity contribution is 6.02. The van der Waals surface area contributed by atoms with Crippen molar-refractivity contribution in [2.45, 2.75) is 13.8 Å². The van der Waals surface area contributed by atoms with Crippen LogP contribution in [0.2, 0.25) is 0 Å². The molecule has 0 fully saturated rings. The van der Waals surface area contributed by atoms with Crippen molar-refractivity contribution >= 4 is 23.2 Å². The highest BCUT2D eigenvalue weighted by Gasteiger charge is 2.18. The third-order valence-corrected chi connectivity index (χ3v) is 3.33. The van der Waals surface area contributed by atoms with Gasteiger partial charge in [0.05, 0.1) is 11.3 Å². The number of amides is 2. The molecule has 5 heteroatoms. The van der Waals surface area contributed by atoms with Gasteiger partial charge in [0.1, 0.15) is 12.6 Å². The maximum absolute atomic E-state index is 12.2. The maximum atomic E-state index is 12.2. The largest absolute Gasteiger partial charge is 0.325 e. The summed E-state index contributed by atoms with van der Waals surface area (Å²) in [6.07, 6.45) is 0.